The van der Waals surface area contributed by atoms with Gasteiger partial charge in [0, 0.05) is 45.3 Å². The summed E-state index contributed by atoms with van der Waals surface area (Å²) in [4.78, 5) is 36.3. The van der Waals surface area contributed by atoms with E-state index in [1.54, 1.807) is 29.0 Å². The molecule has 1 aromatic rings. The highest BCUT2D eigenvalue weighted by molar-refractivity contribution is 5.92. The molecule has 7 nitrogen and oxygen atoms in total. The number of aromatic nitrogens is 2. The topological polar surface area (TPSA) is 78.4 Å². The minimum absolute atomic E-state index is 0.0593. The quantitative estimate of drug-likeness (QED) is 0.847. The second-order valence-electron chi connectivity index (χ2n) is 6.90. The predicted molar refractivity (Wildman–Crippen MR) is 95.3 cm³/mol. The normalized spacial score (nSPS) is 19.4. The Kier molecular flexibility index (Phi) is 5.83. The maximum absolute atomic E-state index is 12.7. The first-order chi connectivity index (χ1) is 12.1. The molecule has 136 valence electrons. The van der Waals surface area contributed by atoms with Gasteiger partial charge < -0.3 is 15.1 Å². The Labute approximate surface area is 148 Å². The SMILES string of the molecule is CC(=O)N1CCN(C(=O)c2ccnc(NC3CCCCCC3)n2)CC1. The molecule has 2 aliphatic rings. The zero-order chi connectivity index (χ0) is 17.6. The van der Waals surface area contributed by atoms with Crippen LogP contribution in [0, 0.1) is 0 Å². The lowest BCUT2D eigenvalue weighted by Gasteiger charge is -2.34. The minimum Gasteiger partial charge on any atom is -0.351 e. The summed E-state index contributed by atoms with van der Waals surface area (Å²) in [6.07, 6.45) is 8.97. The second-order valence-corrected chi connectivity index (χ2v) is 6.90. The summed E-state index contributed by atoms with van der Waals surface area (Å²) in [7, 11) is 0. The van der Waals surface area contributed by atoms with E-state index in [2.05, 4.69) is 15.3 Å². The van der Waals surface area contributed by atoms with E-state index < -0.39 is 0 Å². The van der Waals surface area contributed by atoms with Gasteiger partial charge in [-0.15, -0.1) is 0 Å². The van der Waals surface area contributed by atoms with Gasteiger partial charge in [0.15, 0.2) is 0 Å². The molecule has 0 aromatic carbocycles. The Morgan fingerprint density at radius 3 is 2.32 bits per heavy atom. The Balaban J connectivity index is 1.60. The number of hydrogen-bond acceptors (Lipinski definition) is 5. The van der Waals surface area contributed by atoms with Crippen molar-refractivity contribution in [1.82, 2.24) is 19.8 Å². The number of piperazine rings is 1. The molecule has 1 N–H and O–H groups in total. The summed E-state index contributed by atoms with van der Waals surface area (Å²) in [5.74, 6) is 0.513. The van der Waals surface area contributed by atoms with Crippen LogP contribution in [0.15, 0.2) is 12.3 Å². The van der Waals surface area contributed by atoms with E-state index >= 15 is 0 Å². The van der Waals surface area contributed by atoms with E-state index in [0.29, 0.717) is 43.9 Å². The molecule has 1 aromatic heterocycles. The van der Waals surface area contributed by atoms with Crippen molar-refractivity contribution in [1.29, 1.82) is 0 Å². The summed E-state index contributed by atoms with van der Waals surface area (Å²) >= 11 is 0. The van der Waals surface area contributed by atoms with E-state index in [1.165, 1.54) is 25.7 Å². The van der Waals surface area contributed by atoms with Gasteiger partial charge in [-0.25, -0.2) is 9.97 Å². The molecule has 2 fully saturated rings. The van der Waals surface area contributed by atoms with E-state index in [4.69, 9.17) is 0 Å². The van der Waals surface area contributed by atoms with Gasteiger partial charge >= 0.3 is 0 Å². The Morgan fingerprint density at radius 2 is 1.68 bits per heavy atom. The van der Waals surface area contributed by atoms with Gasteiger partial charge in [0.2, 0.25) is 11.9 Å². The number of rotatable bonds is 3. The lowest BCUT2D eigenvalue weighted by Crippen LogP contribution is -2.50. The summed E-state index contributed by atoms with van der Waals surface area (Å²) in [5.41, 5.74) is 0.419. The van der Waals surface area contributed by atoms with Crippen molar-refractivity contribution < 1.29 is 9.59 Å². The van der Waals surface area contributed by atoms with Crippen LogP contribution in [0.25, 0.3) is 0 Å². The molecule has 1 saturated heterocycles. The number of nitrogens with one attached hydrogen (secondary N) is 1. The monoisotopic (exact) mass is 345 g/mol. The summed E-state index contributed by atoms with van der Waals surface area (Å²) in [6.45, 7) is 3.83. The van der Waals surface area contributed by atoms with Crippen molar-refractivity contribution in [3.63, 3.8) is 0 Å². The van der Waals surface area contributed by atoms with Crippen LogP contribution in [0.2, 0.25) is 0 Å². The third-order valence-electron chi connectivity index (χ3n) is 5.08. The van der Waals surface area contributed by atoms with Gasteiger partial charge in [-0.05, 0) is 18.9 Å². The van der Waals surface area contributed by atoms with Gasteiger partial charge in [-0.3, -0.25) is 9.59 Å². The van der Waals surface area contributed by atoms with E-state index in [-0.39, 0.29) is 11.8 Å². The fraction of sp³-hybridized carbons (Fsp3) is 0.667. The largest absolute Gasteiger partial charge is 0.351 e. The summed E-state index contributed by atoms with van der Waals surface area (Å²) < 4.78 is 0. The number of carbonyl (C=O) groups excluding carboxylic acids is 2. The molecule has 0 spiro atoms. The van der Waals surface area contributed by atoms with E-state index in [0.717, 1.165) is 12.8 Å². The molecule has 2 amide bonds. The van der Waals surface area contributed by atoms with Crippen LogP contribution in [0.5, 0.6) is 0 Å². The fourth-order valence-electron chi connectivity index (χ4n) is 3.54. The number of amides is 2. The zero-order valence-corrected chi connectivity index (χ0v) is 14.9. The molecule has 0 radical (unpaired) electrons. The first kappa shape index (κ1) is 17.6. The smallest absolute Gasteiger partial charge is 0.272 e. The molecule has 0 atom stereocenters. The van der Waals surface area contributed by atoms with Gasteiger partial charge in [-0.2, -0.15) is 0 Å². The molecule has 0 unspecified atom stereocenters. The van der Waals surface area contributed by atoms with Crippen molar-refractivity contribution in [3.8, 4) is 0 Å². The standard InChI is InChI=1S/C18H27N5O2/c1-14(24)22-10-12-23(13-11-22)17(25)16-8-9-19-18(21-16)20-15-6-4-2-3-5-7-15/h8-9,15H,2-7,10-13H2,1H3,(H,19,20,21). The van der Waals surface area contributed by atoms with Crippen LogP contribution in [-0.4, -0.2) is 63.8 Å². The Morgan fingerprint density at radius 1 is 1.04 bits per heavy atom. The minimum atomic E-state index is -0.0884. The lowest BCUT2D eigenvalue weighted by atomic mass is 10.1. The second kappa shape index (κ2) is 8.27. The van der Waals surface area contributed by atoms with Crippen LogP contribution in [0.1, 0.15) is 55.9 Å². The fourth-order valence-corrected chi connectivity index (χ4v) is 3.54. The highest BCUT2D eigenvalue weighted by atomic mass is 16.2. The molecular formula is C18H27N5O2. The van der Waals surface area contributed by atoms with Crippen molar-refractivity contribution in [2.45, 2.75) is 51.5 Å². The molecule has 1 aliphatic heterocycles. The number of anilines is 1. The first-order valence-corrected chi connectivity index (χ1v) is 9.28. The molecule has 2 heterocycles. The molecule has 1 aliphatic carbocycles. The van der Waals surface area contributed by atoms with Gasteiger partial charge in [0.25, 0.3) is 5.91 Å². The summed E-state index contributed by atoms with van der Waals surface area (Å²) in [5, 5.41) is 3.40. The van der Waals surface area contributed by atoms with Crippen LogP contribution in [0.4, 0.5) is 5.95 Å². The first-order valence-electron chi connectivity index (χ1n) is 9.28. The highest BCUT2D eigenvalue weighted by Gasteiger charge is 2.24. The Hall–Kier alpha value is -2.18. The van der Waals surface area contributed by atoms with Crippen LogP contribution in [0.3, 0.4) is 0 Å². The maximum Gasteiger partial charge on any atom is 0.272 e. The average Bonchev–Trinajstić information content (AvgIpc) is 2.90. The van der Waals surface area contributed by atoms with Crippen LogP contribution in [-0.2, 0) is 4.79 Å². The van der Waals surface area contributed by atoms with Gasteiger partial charge in [-0.1, -0.05) is 25.7 Å². The van der Waals surface area contributed by atoms with Crippen molar-refractivity contribution in [3.05, 3.63) is 18.0 Å². The lowest BCUT2D eigenvalue weighted by molar-refractivity contribution is -0.130. The number of nitrogens with zero attached hydrogens (tertiary/aromatic N) is 4. The third kappa shape index (κ3) is 4.67. The molecule has 25 heavy (non-hydrogen) atoms. The molecule has 7 heteroatoms. The van der Waals surface area contributed by atoms with Crippen LogP contribution >= 0.6 is 0 Å². The number of carbonyl (C=O) groups is 2. The predicted octanol–water partition coefficient (Wildman–Crippen LogP) is 1.92. The van der Waals surface area contributed by atoms with Gasteiger partial charge in [0.1, 0.15) is 5.69 Å². The molecule has 1 saturated carbocycles. The summed E-state index contributed by atoms with van der Waals surface area (Å²) in [6, 6.07) is 2.06. The number of hydrogen-bond donors (Lipinski definition) is 1. The zero-order valence-electron chi connectivity index (χ0n) is 14.9. The molecular weight excluding hydrogens is 318 g/mol. The molecule has 3 rings (SSSR count). The van der Waals surface area contributed by atoms with E-state index in [1.807, 2.05) is 0 Å². The molecule has 0 bridgehead atoms. The highest BCUT2D eigenvalue weighted by Crippen LogP contribution is 2.20. The van der Waals surface area contributed by atoms with Crippen molar-refractivity contribution >= 4 is 17.8 Å². The van der Waals surface area contributed by atoms with E-state index in [9.17, 15) is 9.59 Å². The Bertz CT molecular complexity index is 605. The van der Waals surface area contributed by atoms with Crippen molar-refractivity contribution in [2.24, 2.45) is 0 Å². The van der Waals surface area contributed by atoms with Crippen molar-refractivity contribution in [2.75, 3.05) is 31.5 Å². The third-order valence-corrected chi connectivity index (χ3v) is 5.08. The average molecular weight is 345 g/mol. The van der Waals surface area contributed by atoms with Gasteiger partial charge in [0.05, 0.1) is 0 Å². The van der Waals surface area contributed by atoms with Crippen LogP contribution < -0.4 is 5.32 Å². The maximum atomic E-state index is 12.7.